The van der Waals surface area contributed by atoms with E-state index in [0.717, 1.165) is 5.56 Å². The van der Waals surface area contributed by atoms with Gasteiger partial charge in [-0.3, -0.25) is 9.52 Å². The number of carbonyl (C=O) groups excluding carboxylic acids is 1. The van der Waals surface area contributed by atoms with Gasteiger partial charge in [0, 0.05) is 30.8 Å². The Labute approximate surface area is 252 Å². The number of aliphatic hydroxyl groups excluding tert-OH is 1. The Balaban J connectivity index is 1.69. The van der Waals surface area contributed by atoms with Crippen LogP contribution in [0.25, 0.3) is 0 Å². The summed E-state index contributed by atoms with van der Waals surface area (Å²) < 4.78 is 68.2. The van der Waals surface area contributed by atoms with Crippen molar-refractivity contribution in [2.75, 3.05) is 31.5 Å². The number of anilines is 1. The zero-order valence-electron chi connectivity index (χ0n) is 25.1. The first-order valence-corrected chi connectivity index (χ1v) is 16.7. The average molecular weight is 635 g/mol. The van der Waals surface area contributed by atoms with Gasteiger partial charge in [0.25, 0.3) is 10.0 Å². The highest BCUT2D eigenvalue weighted by Crippen LogP contribution is 2.31. The summed E-state index contributed by atoms with van der Waals surface area (Å²) in [6.45, 7) is 8.37. The summed E-state index contributed by atoms with van der Waals surface area (Å²) in [5.41, 5.74) is 1.81. The van der Waals surface area contributed by atoms with E-state index in [2.05, 4.69) is 9.88 Å². The van der Waals surface area contributed by atoms with E-state index in [0.29, 0.717) is 11.3 Å². The molecule has 3 aromatic rings. The van der Waals surface area contributed by atoms with Gasteiger partial charge >= 0.3 is 0 Å². The summed E-state index contributed by atoms with van der Waals surface area (Å²) >= 11 is 0. The van der Waals surface area contributed by atoms with Crippen molar-refractivity contribution >= 4 is 31.6 Å². The Morgan fingerprint density at radius 2 is 1.79 bits per heavy atom. The van der Waals surface area contributed by atoms with E-state index in [1.54, 1.807) is 36.9 Å². The van der Waals surface area contributed by atoms with Crippen molar-refractivity contribution in [3.05, 3.63) is 65.0 Å². The summed E-state index contributed by atoms with van der Waals surface area (Å²) in [6, 6.07) is 10.6. The summed E-state index contributed by atoms with van der Waals surface area (Å²) in [7, 11) is -6.46. The molecule has 1 aliphatic rings. The monoisotopic (exact) mass is 634 g/mol. The van der Waals surface area contributed by atoms with Crippen molar-refractivity contribution in [2.24, 2.45) is 5.92 Å². The van der Waals surface area contributed by atoms with Gasteiger partial charge < -0.3 is 19.3 Å². The zero-order valence-corrected chi connectivity index (χ0v) is 26.7. The second-order valence-electron chi connectivity index (χ2n) is 11.1. The van der Waals surface area contributed by atoms with Gasteiger partial charge in [-0.2, -0.15) is 4.31 Å². The standard InChI is InChI=1S/C29H38N4O8S2/c1-18-7-10-25(11-8-18)42(36,37)31-24-9-12-26-23(13-24)14-28(35)33(20(3)17-34)15-19(2)27(40-26)16-32(6)43(38,39)29-21(4)30-41-22(29)5/h7-13,19-20,27,31,34H,14-17H2,1-6H3/t19-,20-,27+/m1/s1. The Morgan fingerprint density at radius 3 is 2.40 bits per heavy atom. The third-order valence-corrected chi connectivity index (χ3v) is 11.0. The molecule has 0 saturated heterocycles. The minimum absolute atomic E-state index is 0.0117. The molecular formula is C29H38N4O8S2. The van der Waals surface area contributed by atoms with Gasteiger partial charge in [-0.15, -0.1) is 0 Å². The van der Waals surface area contributed by atoms with Gasteiger partial charge in [0.15, 0.2) is 5.76 Å². The number of carbonyl (C=O) groups is 1. The van der Waals surface area contributed by atoms with E-state index in [1.165, 1.54) is 42.5 Å². The predicted molar refractivity (Wildman–Crippen MR) is 160 cm³/mol. The van der Waals surface area contributed by atoms with Crippen LogP contribution < -0.4 is 9.46 Å². The molecule has 14 heteroatoms. The number of fused-ring (bicyclic) bond motifs is 1. The minimum atomic E-state index is -3.99. The number of hydrogen-bond donors (Lipinski definition) is 2. The second-order valence-corrected chi connectivity index (χ2v) is 14.7. The van der Waals surface area contributed by atoms with Crippen molar-refractivity contribution < 1.29 is 36.0 Å². The maximum atomic E-state index is 13.5. The van der Waals surface area contributed by atoms with Gasteiger partial charge in [-0.1, -0.05) is 29.8 Å². The van der Waals surface area contributed by atoms with Crippen molar-refractivity contribution in [1.82, 2.24) is 14.4 Å². The molecule has 1 aliphatic heterocycles. The highest BCUT2D eigenvalue weighted by molar-refractivity contribution is 7.92. The molecule has 2 N–H and O–H groups in total. The number of aryl methyl sites for hydroxylation is 3. The second kappa shape index (κ2) is 12.6. The maximum Gasteiger partial charge on any atom is 0.261 e. The Kier molecular flexibility index (Phi) is 9.54. The zero-order chi connectivity index (χ0) is 31.7. The predicted octanol–water partition coefficient (Wildman–Crippen LogP) is 2.87. The molecule has 0 spiro atoms. The SMILES string of the molecule is Cc1ccc(S(=O)(=O)Nc2ccc3c(c2)CC(=O)N([C@H](C)CO)C[C@@H](C)[C@H](CN(C)S(=O)(=O)c2c(C)noc2C)O3)cc1. The molecule has 0 aliphatic carbocycles. The number of nitrogens with one attached hydrogen (secondary N) is 1. The Morgan fingerprint density at radius 1 is 1.12 bits per heavy atom. The van der Waals surface area contributed by atoms with E-state index in [1.807, 2.05) is 13.8 Å². The number of aliphatic hydroxyl groups is 1. The molecule has 234 valence electrons. The number of aromatic nitrogens is 1. The molecule has 2 aromatic carbocycles. The first-order chi connectivity index (χ1) is 20.1. The van der Waals surface area contributed by atoms with E-state index in [4.69, 9.17) is 9.26 Å². The summed E-state index contributed by atoms with van der Waals surface area (Å²) in [6.07, 6.45) is -0.833. The number of amides is 1. The molecule has 2 heterocycles. The topological polar surface area (TPSA) is 159 Å². The maximum absolute atomic E-state index is 13.5. The molecule has 1 aromatic heterocycles. The number of ether oxygens (including phenoxy) is 1. The number of hydrogen-bond acceptors (Lipinski definition) is 9. The van der Waals surface area contributed by atoms with Crippen molar-refractivity contribution in [3.8, 4) is 5.75 Å². The van der Waals surface area contributed by atoms with Crippen molar-refractivity contribution in [2.45, 2.75) is 63.0 Å². The minimum Gasteiger partial charge on any atom is -0.488 e. The Hall–Kier alpha value is -3.46. The molecule has 12 nitrogen and oxygen atoms in total. The average Bonchev–Trinajstić information content (AvgIpc) is 3.31. The lowest BCUT2D eigenvalue weighted by atomic mass is 10.0. The van der Waals surface area contributed by atoms with Crippen LogP contribution in [-0.2, 0) is 31.3 Å². The Bertz CT molecular complexity index is 1670. The van der Waals surface area contributed by atoms with Gasteiger partial charge in [0.1, 0.15) is 22.4 Å². The van der Waals surface area contributed by atoms with E-state index >= 15 is 0 Å². The van der Waals surface area contributed by atoms with Crippen LogP contribution in [-0.4, -0.2) is 81.1 Å². The molecule has 0 unspecified atom stereocenters. The highest BCUT2D eigenvalue weighted by atomic mass is 32.2. The van der Waals surface area contributed by atoms with Crippen LogP contribution in [0.5, 0.6) is 5.75 Å². The summed E-state index contributed by atoms with van der Waals surface area (Å²) in [5, 5.41) is 13.7. The lowest BCUT2D eigenvalue weighted by Crippen LogP contribution is -2.48. The van der Waals surface area contributed by atoms with Crippen LogP contribution in [0.3, 0.4) is 0 Å². The smallest absolute Gasteiger partial charge is 0.261 e. The first-order valence-electron chi connectivity index (χ1n) is 13.8. The lowest BCUT2D eigenvalue weighted by Gasteiger charge is -2.33. The summed E-state index contributed by atoms with van der Waals surface area (Å²) in [5.74, 6) is -0.141. The number of nitrogens with zero attached hydrogens (tertiary/aromatic N) is 3. The van der Waals surface area contributed by atoms with Crippen LogP contribution in [0.15, 0.2) is 56.8 Å². The largest absolute Gasteiger partial charge is 0.488 e. The number of rotatable bonds is 9. The van der Waals surface area contributed by atoms with Crippen molar-refractivity contribution in [3.63, 3.8) is 0 Å². The van der Waals surface area contributed by atoms with Crippen LogP contribution in [0, 0.1) is 26.7 Å². The number of benzene rings is 2. The number of sulfonamides is 2. The van der Waals surface area contributed by atoms with Crippen LogP contribution in [0.2, 0.25) is 0 Å². The fraction of sp³-hybridized carbons (Fsp3) is 0.448. The highest BCUT2D eigenvalue weighted by Gasteiger charge is 2.35. The normalized spacial score (nSPS) is 18.8. The third kappa shape index (κ3) is 7.03. The van der Waals surface area contributed by atoms with Crippen LogP contribution in [0.1, 0.15) is 36.4 Å². The van der Waals surface area contributed by atoms with E-state index < -0.39 is 32.2 Å². The molecule has 0 fully saturated rings. The summed E-state index contributed by atoms with van der Waals surface area (Å²) in [4.78, 5) is 15.1. The molecule has 43 heavy (non-hydrogen) atoms. The van der Waals surface area contributed by atoms with Crippen molar-refractivity contribution in [1.29, 1.82) is 0 Å². The third-order valence-electron chi connectivity index (χ3n) is 7.57. The molecule has 0 bridgehead atoms. The fourth-order valence-corrected chi connectivity index (χ4v) is 7.51. The number of likely N-dealkylation sites (N-methyl/N-ethyl adjacent to an activating group) is 1. The van der Waals surface area contributed by atoms with Crippen LogP contribution >= 0.6 is 0 Å². The molecule has 0 radical (unpaired) electrons. The van der Waals surface area contributed by atoms with E-state index in [9.17, 15) is 26.7 Å². The van der Waals surface area contributed by atoms with Crippen LogP contribution in [0.4, 0.5) is 5.69 Å². The van der Waals surface area contributed by atoms with Gasteiger partial charge in [0.05, 0.1) is 30.5 Å². The van der Waals surface area contributed by atoms with Gasteiger partial charge in [0.2, 0.25) is 15.9 Å². The first kappa shape index (κ1) is 32.5. The fourth-order valence-electron chi connectivity index (χ4n) is 4.99. The quantitative estimate of drug-likeness (QED) is 0.361. The molecule has 1 amide bonds. The van der Waals surface area contributed by atoms with Gasteiger partial charge in [-0.05, 0) is 58.0 Å². The molecular weight excluding hydrogens is 596 g/mol. The lowest BCUT2D eigenvalue weighted by molar-refractivity contribution is -0.134. The van der Waals surface area contributed by atoms with Gasteiger partial charge in [-0.25, -0.2) is 16.8 Å². The molecule has 0 saturated carbocycles. The molecule has 3 atom stereocenters. The molecule has 4 rings (SSSR count). The van der Waals surface area contributed by atoms with E-state index in [-0.39, 0.29) is 64.9 Å².